The van der Waals surface area contributed by atoms with E-state index in [9.17, 15) is 4.79 Å². The second-order valence-electron chi connectivity index (χ2n) is 4.51. The number of nitrogens with two attached hydrogens (primary N) is 1. The van der Waals surface area contributed by atoms with Gasteiger partial charge in [0.05, 0.1) is 0 Å². The molecule has 0 unspecified atom stereocenters. The van der Waals surface area contributed by atoms with E-state index >= 15 is 0 Å². The van der Waals surface area contributed by atoms with Gasteiger partial charge in [0.2, 0.25) is 5.91 Å². The van der Waals surface area contributed by atoms with Gasteiger partial charge in [0.1, 0.15) is 0 Å². The molecule has 0 fully saturated rings. The van der Waals surface area contributed by atoms with Crippen molar-refractivity contribution in [1.82, 2.24) is 0 Å². The lowest BCUT2D eigenvalue weighted by Crippen LogP contribution is -2.32. The van der Waals surface area contributed by atoms with E-state index < -0.39 is 5.41 Å². The number of carbonyl (C=O) groups is 1. The van der Waals surface area contributed by atoms with Crippen LogP contribution in [0.2, 0.25) is 0 Å². The highest BCUT2D eigenvalue weighted by Gasteiger charge is 2.26. The van der Waals surface area contributed by atoms with E-state index in [0.29, 0.717) is 13.0 Å². The van der Waals surface area contributed by atoms with E-state index in [1.165, 1.54) is 0 Å². The molecule has 0 atom stereocenters. The molecule has 0 radical (unpaired) electrons. The molecule has 0 bridgehead atoms. The van der Waals surface area contributed by atoms with Gasteiger partial charge in [0, 0.05) is 19.1 Å². The first-order valence-corrected chi connectivity index (χ1v) is 7.20. The lowest BCUT2D eigenvalue weighted by Gasteiger charge is -2.22. The Kier molecular flexibility index (Phi) is 5.40. The molecule has 0 aliphatic rings. The van der Waals surface area contributed by atoms with Gasteiger partial charge >= 0.3 is 0 Å². The minimum Gasteiger partial charge on any atom is -0.330 e. The summed E-state index contributed by atoms with van der Waals surface area (Å²) in [5.41, 5.74) is 5.86. The average Bonchev–Trinajstić information content (AvgIpc) is 2.23. The molecule has 5 heteroatoms. The average molecular weight is 411 g/mol. The third-order valence-corrected chi connectivity index (χ3v) is 4.90. The smallest absolute Gasteiger partial charge is 0.230 e. The van der Waals surface area contributed by atoms with Gasteiger partial charge in [-0.2, -0.15) is 0 Å². The van der Waals surface area contributed by atoms with Crippen LogP contribution in [0.1, 0.15) is 20.3 Å². The highest BCUT2D eigenvalue weighted by Crippen LogP contribution is 2.26. The topological polar surface area (TPSA) is 55.1 Å². The summed E-state index contributed by atoms with van der Waals surface area (Å²) in [5, 5.41) is 2.91. The standard InChI is InChI=1S/C12H16BrIN2O/c1-12(2,5-6-15)11(17)16-8-3-4-10(14)9(13)7-8/h3-4,7H,5-6,15H2,1-2H3,(H,16,17). The Hall–Kier alpha value is -0.140. The minimum absolute atomic E-state index is 0.00365. The van der Waals surface area contributed by atoms with Crippen LogP contribution in [-0.2, 0) is 4.79 Å². The molecule has 0 heterocycles. The molecule has 0 spiro atoms. The summed E-state index contributed by atoms with van der Waals surface area (Å²) in [5.74, 6) is -0.00365. The van der Waals surface area contributed by atoms with Gasteiger partial charge in [0.25, 0.3) is 0 Å². The van der Waals surface area contributed by atoms with Gasteiger partial charge in [-0.3, -0.25) is 4.79 Å². The molecular weight excluding hydrogens is 395 g/mol. The summed E-state index contributed by atoms with van der Waals surface area (Å²) in [4.78, 5) is 12.0. The lowest BCUT2D eigenvalue weighted by atomic mass is 9.88. The predicted molar refractivity (Wildman–Crippen MR) is 82.9 cm³/mol. The number of hydrogen-bond donors (Lipinski definition) is 2. The van der Waals surface area contributed by atoms with Gasteiger partial charge in [0.15, 0.2) is 0 Å². The second kappa shape index (κ2) is 6.15. The molecule has 1 aromatic carbocycles. The molecule has 0 saturated carbocycles. The number of hydrogen-bond acceptors (Lipinski definition) is 2. The van der Waals surface area contributed by atoms with Crippen molar-refractivity contribution in [3.63, 3.8) is 0 Å². The fourth-order valence-corrected chi connectivity index (χ4v) is 2.06. The highest BCUT2D eigenvalue weighted by atomic mass is 127. The first-order chi connectivity index (χ1) is 7.86. The van der Waals surface area contributed by atoms with Gasteiger partial charge in [-0.05, 0) is 69.7 Å². The van der Waals surface area contributed by atoms with Crippen molar-refractivity contribution in [2.45, 2.75) is 20.3 Å². The Morgan fingerprint density at radius 2 is 2.18 bits per heavy atom. The van der Waals surface area contributed by atoms with Crippen LogP contribution in [0.15, 0.2) is 22.7 Å². The van der Waals surface area contributed by atoms with Crippen LogP contribution < -0.4 is 11.1 Å². The maximum atomic E-state index is 12.0. The van der Waals surface area contributed by atoms with Crippen LogP contribution in [0.25, 0.3) is 0 Å². The summed E-state index contributed by atoms with van der Waals surface area (Å²) >= 11 is 5.67. The Labute approximate surface area is 124 Å². The number of halogens is 2. The van der Waals surface area contributed by atoms with Gasteiger partial charge in [-0.25, -0.2) is 0 Å². The zero-order valence-corrected chi connectivity index (χ0v) is 13.6. The third-order valence-electron chi connectivity index (χ3n) is 2.56. The van der Waals surface area contributed by atoms with Crippen molar-refractivity contribution in [2.75, 3.05) is 11.9 Å². The molecule has 3 nitrogen and oxygen atoms in total. The molecule has 1 amide bonds. The van der Waals surface area contributed by atoms with E-state index in [4.69, 9.17) is 5.73 Å². The third kappa shape index (κ3) is 4.22. The normalized spacial score (nSPS) is 11.4. The van der Waals surface area contributed by atoms with Crippen LogP contribution in [0.4, 0.5) is 5.69 Å². The summed E-state index contributed by atoms with van der Waals surface area (Å²) in [6.07, 6.45) is 0.671. The molecule has 94 valence electrons. The number of rotatable bonds is 4. The maximum absolute atomic E-state index is 12.0. The van der Waals surface area contributed by atoms with Crippen molar-refractivity contribution >= 4 is 50.1 Å². The molecule has 1 aromatic rings. The number of anilines is 1. The zero-order chi connectivity index (χ0) is 13.1. The largest absolute Gasteiger partial charge is 0.330 e. The van der Waals surface area contributed by atoms with Gasteiger partial charge < -0.3 is 11.1 Å². The number of amides is 1. The van der Waals surface area contributed by atoms with E-state index in [2.05, 4.69) is 43.8 Å². The molecule has 0 aliphatic heterocycles. The quantitative estimate of drug-likeness (QED) is 0.747. The van der Waals surface area contributed by atoms with E-state index in [1.54, 1.807) is 0 Å². The lowest BCUT2D eigenvalue weighted by molar-refractivity contribution is -0.124. The molecule has 0 saturated heterocycles. The highest BCUT2D eigenvalue weighted by molar-refractivity contribution is 14.1. The number of carbonyl (C=O) groups excluding carboxylic acids is 1. The molecule has 0 aromatic heterocycles. The second-order valence-corrected chi connectivity index (χ2v) is 6.52. The molecule has 17 heavy (non-hydrogen) atoms. The minimum atomic E-state index is -0.440. The van der Waals surface area contributed by atoms with Crippen molar-refractivity contribution in [2.24, 2.45) is 11.1 Å². The zero-order valence-electron chi connectivity index (χ0n) is 9.89. The summed E-state index contributed by atoms with van der Waals surface area (Å²) in [7, 11) is 0. The molecule has 0 aliphatic carbocycles. The number of nitrogens with one attached hydrogen (secondary N) is 1. The fraction of sp³-hybridized carbons (Fsp3) is 0.417. The summed E-state index contributed by atoms with van der Waals surface area (Å²) in [6.45, 7) is 4.31. The summed E-state index contributed by atoms with van der Waals surface area (Å²) < 4.78 is 2.09. The van der Waals surface area contributed by atoms with Crippen molar-refractivity contribution in [3.8, 4) is 0 Å². The fourth-order valence-electron chi connectivity index (χ4n) is 1.35. The van der Waals surface area contributed by atoms with Crippen molar-refractivity contribution < 1.29 is 4.79 Å². The monoisotopic (exact) mass is 410 g/mol. The van der Waals surface area contributed by atoms with E-state index in [0.717, 1.165) is 13.7 Å². The van der Waals surface area contributed by atoms with Crippen LogP contribution in [0, 0.1) is 8.99 Å². The van der Waals surface area contributed by atoms with Crippen molar-refractivity contribution in [3.05, 3.63) is 26.2 Å². The van der Waals surface area contributed by atoms with Crippen molar-refractivity contribution in [1.29, 1.82) is 0 Å². The van der Waals surface area contributed by atoms with Crippen LogP contribution in [-0.4, -0.2) is 12.5 Å². The maximum Gasteiger partial charge on any atom is 0.230 e. The first-order valence-electron chi connectivity index (χ1n) is 5.33. The summed E-state index contributed by atoms with van der Waals surface area (Å²) in [6, 6.07) is 5.75. The van der Waals surface area contributed by atoms with Crippen LogP contribution >= 0.6 is 38.5 Å². The Morgan fingerprint density at radius 1 is 1.53 bits per heavy atom. The number of benzene rings is 1. The van der Waals surface area contributed by atoms with Crippen LogP contribution in [0.5, 0.6) is 0 Å². The molecule has 3 N–H and O–H groups in total. The first kappa shape index (κ1) is 14.9. The Morgan fingerprint density at radius 3 is 2.71 bits per heavy atom. The van der Waals surface area contributed by atoms with E-state index in [1.807, 2.05) is 32.0 Å². The van der Waals surface area contributed by atoms with Gasteiger partial charge in [-0.15, -0.1) is 0 Å². The SMILES string of the molecule is CC(C)(CCN)C(=O)Nc1ccc(I)c(Br)c1. The molecule has 1 rings (SSSR count). The predicted octanol–water partition coefficient (Wildman–Crippen LogP) is 3.37. The Bertz CT molecular complexity index is 421. The Balaban J connectivity index is 2.77. The van der Waals surface area contributed by atoms with E-state index in [-0.39, 0.29) is 5.91 Å². The van der Waals surface area contributed by atoms with Gasteiger partial charge in [-0.1, -0.05) is 13.8 Å². The molecular formula is C12H16BrIN2O. The van der Waals surface area contributed by atoms with Crippen LogP contribution in [0.3, 0.4) is 0 Å².